The van der Waals surface area contributed by atoms with E-state index in [1.165, 1.54) is 0 Å². The van der Waals surface area contributed by atoms with Crippen molar-refractivity contribution >= 4 is 44.3 Å². The van der Waals surface area contributed by atoms with Crippen LogP contribution in [-0.4, -0.2) is 51.5 Å². The second kappa shape index (κ2) is 10.6. The average molecular weight is 491 g/mol. The summed E-state index contributed by atoms with van der Waals surface area (Å²) >= 11 is -6.91. The van der Waals surface area contributed by atoms with E-state index in [2.05, 4.69) is 29.5 Å². The van der Waals surface area contributed by atoms with Crippen LogP contribution < -0.4 is 0 Å². The molecule has 0 bridgehead atoms. The van der Waals surface area contributed by atoms with Gasteiger partial charge in [0.15, 0.2) is 0 Å². The molecule has 4 nitrogen and oxygen atoms in total. The van der Waals surface area contributed by atoms with Crippen molar-refractivity contribution in [3.05, 3.63) is 50.6 Å². The van der Waals surface area contributed by atoms with Crippen molar-refractivity contribution in [1.29, 1.82) is 0 Å². The molecule has 0 fully saturated rings. The second-order valence-electron chi connectivity index (χ2n) is 4.34. The van der Waals surface area contributed by atoms with E-state index in [0.29, 0.717) is 17.7 Å². The van der Waals surface area contributed by atoms with Gasteiger partial charge in [-0.2, -0.15) is 0 Å². The number of isocyanates is 1. The van der Waals surface area contributed by atoms with Crippen LogP contribution in [0.4, 0.5) is 0 Å². The van der Waals surface area contributed by atoms with Crippen molar-refractivity contribution in [3.8, 4) is 0 Å². The maximum atomic E-state index is 10.8. The zero-order valence-corrected chi connectivity index (χ0v) is 17.8. The summed E-state index contributed by atoms with van der Waals surface area (Å²) in [6.45, 7) is 15.1. The van der Waals surface area contributed by atoms with E-state index in [1.807, 2.05) is 12.2 Å². The van der Waals surface area contributed by atoms with Gasteiger partial charge in [-0.1, -0.05) is 0 Å². The molecule has 0 unspecified atom stereocenters. The van der Waals surface area contributed by atoms with Crippen LogP contribution in [0.15, 0.2) is 53.8 Å². The first kappa shape index (κ1) is 19.9. The van der Waals surface area contributed by atoms with Gasteiger partial charge in [-0.3, -0.25) is 0 Å². The summed E-state index contributed by atoms with van der Waals surface area (Å²) in [5.74, 6) is 0. The van der Waals surface area contributed by atoms with Crippen molar-refractivity contribution in [1.82, 2.24) is 0 Å². The third kappa shape index (κ3) is 6.09. The molecule has 0 saturated carbocycles. The Morgan fingerprint density at radius 1 is 1.00 bits per heavy atom. The van der Waals surface area contributed by atoms with Crippen molar-refractivity contribution in [2.24, 2.45) is 3.21 Å². The average Bonchev–Trinajstić information content (AvgIpc) is 2.40. The van der Waals surface area contributed by atoms with Crippen LogP contribution in [0.25, 0.3) is 0 Å². The Labute approximate surface area is 131 Å². The van der Waals surface area contributed by atoms with E-state index in [9.17, 15) is 4.79 Å². The van der Waals surface area contributed by atoms with Gasteiger partial charge < -0.3 is 0 Å². The van der Waals surface area contributed by atoms with Gasteiger partial charge in [0.2, 0.25) is 0 Å². The summed E-state index contributed by atoms with van der Waals surface area (Å²) in [5, 5.41) is 0. The molecule has 0 aromatic carbocycles. The van der Waals surface area contributed by atoms with E-state index in [-0.39, 0.29) is 0 Å². The summed E-state index contributed by atoms with van der Waals surface area (Å²) in [7, 11) is 1.66. The standard InChI is InChI=1S/4C3H5.CNO.CH3O.O.2Sn/c4*1-3-2;2-1-3;1-2;;;/h4*3H,1-2H2;;1H3;;;/q;;;;2*-1;;2*+1. The predicted molar refractivity (Wildman–Crippen MR) is 87.7 cm³/mol. The maximum absolute atomic E-state index is 10.8. The molecule has 0 heterocycles. The van der Waals surface area contributed by atoms with Gasteiger partial charge in [0.1, 0.15) is 0 Å². The first-order valence-corrected chi connectivity index (χ1v) is 19.2. The summed E-state index contributed by atoms with van der Waals surface area (Å²) in [6, 6.07) is 0. The molecule has 6 heteroatoms. The van der Waals surface area contributed by atoms with Crippen LogP contribution in [-0.2, 0) is 9.28 Å². The van der Waals surface area contributed by atoms with E-state index >= 15 is 0 Å². The molecule has 0 aromatic heterocycles. The minimum absolute atomic E-state index is 0.603. The Balaban J connectivity index is 5.57. The number of carbonyl (C=O) groups excluding carboxylic acids is 1. The molecular weight excluding hydrogens is 468 g/mol. The molecule has 0 radical (unpaired) electrons. The molecule has 110 valence electrons. The number of hydrogen-bond acceptors (Lipinski definition) is 4. The van der Waals surface area contributed by atoms with Gasteiger partial charge in [-0.15, -0.1) is 0 Å². The number of rotatable bonds is 12. The fourth-order valence-corrected chi connectivity index (χ4v) is 35.4. The van der Waals surface area contributed by atoms with Crippen molar-refractivity contribution in [3.63, 3.8) is 0 Å². The fourth-order valence-electron chi connectivity index (χ4n) is 1.98. The number of allylic oxidation sites excluding steroid dienone is 4. The summed E-state index contributed by atoms with van der Waals surface area (Å²) < 4.78 is 18.9. The van der Waals surface area contributed by atoms with Crippen LogP contribution in [0.1, 0.15) is 0 Å². The summed E-state index contributed by atoms with van der Waals surface area (Å²) in [6.07, 6.45) is 8.82. The fraction of sp³-hybridized carbons (Fsp3) is 0.357. The normalized spacial score (nSPS) is 11.2. The van der Waals surface area contributed by atoms with E-state index in [4.69, 9.17) is 4.49 Å². The Bertz CT molecular complexity index is 383. The van der Waals surface area contributed by atoms with Crippen LogP contribution in [0.3, 0.4) is 0 Å². The zero-order chi connectivity index (χ0) is 15.5. The van der Waals surface area contributed by atoms with Gasteiger partial charge in [0, 0.05) is 0 Å². The molecule has 0 spiro atoms. The van der Waals surface area contributed by atoms with Crippen LogP contribution in [0.2, 0.25) is 17.7 Å². The molecule has 0 aliphatic carbocycles. The van der Waals surface area contributed by atoms with E-state index < -0.39 is 38.3 Å². The Morgan fingerprint density at radius 2 is 1.45 bits per heavy atom. The molecule has 0 amide bonds. The quantitative estimate of drug-likeness (QED) is 0.182. The van der Waals surface area contributed by atoms with Crippen LogP contribution >= 0.6 is 0 Å². The van der Waals surface area contributed by atoms with Gasteiger partial charge in [0.05, 0.1) is 0 Å². The topological polar surface area (TPSA) is 47.9 Å². The Morgan fingerprint density at radius 3 is 1.75 bits per heavy atom. The number of hydrogen-bond donors (Lipinski definition) is 0. The minimum atomic E-state index is -3.54. The molecule has 0 aromatic rings. The van der Waals surface area contributed by atoms with Gasteiger partial charge in [0.25, 0.3) is 0 Å². The van der Waals surface area contributed by atoms with Crippen molar-refractivity contribution < 1.29 is 9.28 Å². The SMILES string of the molecule is C=C[CH2][Sn]([CH2]C=C)([N]=C=O)[O][Sn]([CH2]C=C)([CH2]C=C)[O]C. The second-order valence-corrected chi connectivity index (χ2v) is 25.9. The van der Waals surface area contributed by atoms with Crippen molar-refractivity contribution in [2.45, 2.75) is 17.7 Å². The third-order valence-corrected chi connectivity index (χ3v) is 33.4. The molecule has 0 atom stereocenters. The molecule has 0 N–H and O–H groups in total. The molecule has 0 aliphatic rings. The number of nitrogens with zero attached hydrogens (tertiary/aromatic N) is 1. The monoisotopic (exact) mass is 493 g/mol. The molecule has 0 saturated heterocycles. The summed E-state index contributed by atoms with van der Waals surface area (Å²) in [5.41, 5.74) is 0. The molecular formula is C14H23NO3Sn2. The van der Waals surface area contributed by atoms with Gasteiger partial charge >= 0.3 is 132 Å². The van der Waals surface area contributed by atoms with Crippen molar-refractivity contribution in [2.75, 3.05) is 7.11 Å². The zero-order valence-electron chi connectivity index (χ0n) is 12.1. The molecule has 20 heavy (non-hydrogen) atoms. The first-order chi connectivity index (χ1) is 9.57. The Hall–Kier alpha value is -0.143. The van der Waals surface area contributed by atoms with Crippen LogP contribution in [0, 0.1) is 0 Å². The summed E-state index contributed by atoms with van der Waals surface area (Å²) in [4.78, 5) is 10.8. The van der Waals surface area contributed by atoms with Crippen LogP contribution in [0.5, 0.6) is 0 Å². The first-order valence-electron chi connectivity index (χ1n) is 6.35. The predicted octanol–water partition coefficient (Wildman–Crippen LogP) is 3.61. The molecule has 0 aliphatic heterocycles. The Kier molecular flexibility index (Phi) is 10.5. The molecule has 0 rings (SSSR count). The van der Waals surface area contributed by atoms with Gasteiger partial charge in [-0.25, -0.2) is 0 Å². The van der Waals surface area contributed by atoms with E-state index in [0.717, 1.165) is 0 Å². The van der Waals surface area contributed by atoms with Gasteiger partial charge in [-0.05, 0) is 0 Å². The third-order valence-electron chi connectivity index (χ3n) is 2.83. The van der Waals surface area contributed by atoms with E-state index in [1.54, 1.807) is 25.3 Å².